The average Bonchev–Trinajstić information content (AvgIpc) is 2.76. The van der Waals surface area contributed by atoms with Gasteiger partial charge in [0.2, 0.25) is 5.95 Å². The van der Waals surface area contributed by atoms with Gasteiger partial charge in [0.05, 0.1) is 11.5 Å². The first-order chi connectivity index (χ1) is 11.1. The third-order valence-corrected chi connectivity index (χ3v) is 6.55. The second-order valence-corrected chi connectivity index (χ2v) is 8.69. The summed E-state index contributed by atoms with van der Waals surface area (Å²) in [6, 6.07) is 1.94. The van der Waals surface area contributed by atoms with Gasteiger partial charge in [-0.3, -0.25) is 0 Å². The van der Waals surface area contributed by atoms with Crippen LogP contribution in [0.4, 0.5) is 11.8 Å². The average molecular weight is 338 g/mol. The first-order valence-electron chi connectivity index (χ1n) is 8.64. The van der Waals surface area contributed by atoms with Crippen molar-refractivity contribution in [1.29, 1.82) is 0 Å². The van der Waals surface area contributed by atoms with Crippen molar-refractivity contribution in [2.24, 2.45) is 0 Å². The Morgan fingerprint density at radius 2 is 2.00 bits per heavy atom. The van der Waals surface area contributed by atoms with Crippen molar-refractivity contribution >= 4 is 21.6 Å². The van der Waals surface area contributed by atoms with Crippen molar-refractivity contribution in [2.75, 3.05) is 40.9 Å². The van der Waals surface area contributed by atoms with E-state index in [9.17, 15) is 8.42 Å². The van der Waals surface area contributed by atoms with Gasteiger partial charge in [0, 0.05) is 31.9 Å². The Labute approximate surface area is 138 Å². The smallest absolute Gasteiger partial charge is 0.227 e. The van der Waals surface area contributed by atoms with Crippen LogP contribution in [0.5, 0.6) is 0 Å². The molecule has 6 nitrogen and oxygen atoms in total. The number of nitrogens with zero attached hydrogens (tertiary/aromatic N) is 4. The van der Waals surface area contributed by atoms with E-state index in [-0.39, 0.29) is 17.5 Å². The molecular weight excluding hydrogens is 312 g/mol. The van der Waals surface area contributed by atoms with Gasteiger partial charge in [-0.15, -0.1) is 0 Å². The summed E-state index contributed by atoms with van der Waals surface area (Å²) in [5, 5.41) is 0. The fraction of sp³-hybridized carbons (Fsp3) is 0.750. The van der Waals surface area contributed by atoms with Crippen LogP contribution < -0.4 is 9.80 Å². The first-order valence-corrected chi connectivity index (χ1v) is 10.5. The standard InChI is InChI=1S/C16H26N4O2S/c1-2-20(14-8-12-23(21,22)13-14)15-7-9-17-16(18-15)19-10-5-3-4-6-11-19/h7,9,14H,2-6,8,10-13H2,1H3. The molecule has 0 aromatic carbocycles. The van der Waals surface area contributed by atoms with Crippen LogP contribution in [-0.2, 0) is 9.84 Å². The fourth-order valence-electron chi connectivity index (χ4n) is 3.55. The summed E-state index contributed by atoms with van der Waals surface area (Å²) >= 11 is 0. The van der Waals surface area contributed by atoms with Gasteiger partial charge >= 0.3 is 0 Å². The Hall–Kier alpha value is -1.37. The van der Waals surface area contributed by atoms with E-state index in [1.165, 1.54) is 25.7 Å². The fourth-order valence-corrected chi connectivity index (χ4v) is 5.28. The molecule has 1 aromatic heterocycles. The number of rotatable bonds is 4. The van der Waals surface area contributed by atoms with Crippen LogP contribution in [0.1, 0.15) is 39.0 Å². The van der Waals surface area contributed by atoms with E-state index in [4.69, 9.17) is 4.98 Å². The van der Waals surface area contributed by atoms with E-state index >= 15 is 0 Å². The highest BCUT2D eigenvalue weighted by Crippen LogP contribution is 2.24. The van der Waals surface area contributed by atoms with Crippen LogP contribution in [0.2, 0.25) is 0 Å². The van der Waals surface area contributed by atoms with E-state index in [0.29, 0.717) is 6.42 Å². The summed E-state index contributed by atoms with van der Waals surface area (Å²) in [7, 11) is -2.89. The largest absolute Gasteiger partial charge is 0.353 e. The van der Waals surface area contributed by atoms with Crippen LogP contribution in [0, 0.1) is 0 Å². The Kier molecular flexibility index (Phi) is 5.04. The highest BCUT2D eigenvalue weighted by molar-refractivity contribution is 7.91. The molecule has 1 aromatic rings. The molecule has 0 N–H and O–H groups in total. The quantitative estimate of drug-likeness (QED) is 0.835. The normalized spacial score (nSPS) is 24.4. The zero-order valence-electron chi connectivity index (χ0n) is 13.8. The van der Waals surface area contributed by atoms with E-state index in [0.717, 1.165) is 31.4 Å². The maximum atomic E-state index is 11.8. The second-order valence-electron chi connectivity index (χ2n) is 6.46. The lowest BCUT2D eigenvalue weighted by molar-refractivity contribution is 0.599. The van der Waals surface area contributed by atoms with E-state index in [2.05, 4.69) is 21.7 Å². The molecule has 7 heteroatoms. The Morgan fingerprint density at radius 1 is 1.26 bits per heavy atom. The van der Waals surface area contributed by atoms with Crippen molar-refractivity contribution in [1.82, 2.24) is 9.97 Å². The van der Waals surface area contributed by atoms with E-state index in [1.54, 1.807) is 6.20 Å². The molecule has 1 atom stereocenters. The second kappa shape index (κ2) is 7.03. The van der Waals surface area contributed by atoms with Gasteiger partial charge < -0.3 is 9.80 Å². The molecule has 2 aliphatic rings. The van der Waals surface area contributed by atoms with E-state index < -0.39 is 9.84 Å². The maximum absolute atomic E-state index is 11.8. The number of aromatic nitrogens is 2. The third kappa shape index (κ3) is 3.94. The Balaban J connectivity index is 1.80. The summed E-state index contributed by atoms with van der Waals surface area (Å²) in [4.78, 5) is 13.6. The molecule has 0 radical (unpaired) electrons. The monoisotopic (exact) mass is 338 g/mol. The minimum atomic E-state index is -2.89. The molecule has 0 saturated carbocycles. The lowest BCUT2D eigenvalue weighted by Crippen LogP contribution is -2.37. The summed E-state index contributed by atoms with van der Waals surface area (Å²) in [6.07, 6.45) is 7.42. The predicted octanol–water partition coefficient (Wildman–Crippen LogP) is 1.87. The SMILES string of the molecule is CCN(c1ccnc(N2CCCCCC2)n1)C1CCS(=O)(=O)C1. The minimum absolute atomic E-state index is 0.0388. The number of anilines is 2. The van der Waals surface area contributed by atoms with Gasteiger partial charge in [-0.1, -0.05) is 12.8 Å². The number of sulfone groups is 1. The van der Waals surface area contributed by atoms with Gasteiger partial charge in [0.25, 0.3) is 0 Å². The molecular formula is C16H26N4O2S. The highest BCUT2D eigenvalue weighted by Gasteiger charge is 2.32. The van der Waals surface area contributed by atoms with Crippen LogP contribution in [0.25, 0.3) is 0 Å². The molecule has 1 unspecified atom stereocenters. The number of hydrogen-bond acceptors (Lipinski definition) is 6. The molecule has 2 aliphatic heterocycles. The molecule has 0 amide bonds. The zero-order chi connectivity index (χ0) is 16.3. The first kappa shape index (κ1) is 16.5. The molecule has 23 heavy (non-hydrogen) atoms. The molecule has 0 bridgehead atoms. The van der Waals surface area contributed by atoms with Crippen molar-refractivity contribution in [3.8, 4) is 0 Å². The zero-order valence-corrected chi connectivity index (χ0v) is 14.6. The van der Waals surface area contributed by atoms with E-state index in [1.807, 2.05) is 6.07 Å². The maximum Gasteiger partial charge on any atom is 0.227 e. The molecule has 3 rings (SSSR count). The van der Waals surface area contributed by atoms with Crippen LogP contribution in [-0.4, -0.2) is 55.6 Å². The molecule has 2 fully saturated rings. The molecule has 0 aliphatic carbocycles. The van der Waals surface area contributed by atoms with Crippen LogP contribution >= 0.6 is 0 Å². The molecule has 0 spiro atoms. The molecule has 2 saturated heterocycles. The number of hydrogen-bond donors (Lipinski definition) is 0. The Morgan fingerprint density at radius 3 is 2.61 bits per heavy atom. The summed E-state index contributed by atoms with van der Waals surface area (Å²) in [5.41, 5.74) is 0. The van der Waals surface area contributed by atoms with Crippen LogP contribution in [0.15, 0.2) is 12.3 Å². The topological polar surface area (TPSA) is 66.4 Å². The van der Waals surface area contributed by atoms with Crippen molar-refractivity contribution in [2.45, 2.75) is 45.1 Å². The van der Waals surface area contributed by atoms with Crippen molar-refractivity contribution in [3.63, 3.8) is 0 Å². The third-order valence-electron chi connectivity index (χ3n) is 4.80. The Bertz CT molecular complexity index is 627. The van der Waals surface area contributed by atoms with Gasteiger partial charge in [-0.25, -0.2) is 13.4 Å². The van der Waals surface area contributed by atoms with Crippen molar-refractivity contribution < 1.29 is 8.42 Å². The van der Waals surface area contributed by atoms with Gasteiger partial charge in [-0.2, -0.15) is 4.98 Å². The summed E-state index contributed by atoms with van der Waals surface area (Å²) in [6.45, 7) is 4.83. The lowest BCUT2D eigenvalue weighted by atomic mass is 10.2. The molecule has 3 heterocycles. The highest BCUT2D eigenvalue weighted by atomic mass is 32.2. The van der Waals surface area contributed by atoms with Gasteiger partial charge in [0.15, 0.2) is 9.84 Å². The van der Waals surface area contributed by atoms with Gasteiger partial charge in [0.1, 0.15) is 5.82 Å². The minimum Gasteiger partial charge on any atom is -0.353 e. The summed E-state index contributed by atoms with van der Waals surface area (Å²) in [5.74, 6) is 2.16. The summed E-state index contributed by atoms with van der Waals surface area (Å²) < 4.78 is 23.6. The van der Waals surface area contributed by atoms with Gasteiger partial charge in [-0.05, 0) is 32.3 Å². The lowest BCUT2D eigenvalue weighted by Gasteiger charge is -2.29. The van der Waals surface area contributed by atoms with Crippen molar-refractivity contribution in [3.05, 3.63) is 12.3 Å². The predicted molar refractivity (Wildman–Crippen MR) is 92.8 cm³/mol. The van der Waals surface area contributed by atoms with Crippen LogP contribution in [0.3, 0.4) is 0 Å². The molecule has 128 valence electrons.